The summed E-state index contributed by atoms with van der Waals surface area (Å²) in [5.74, 6) is 0.980. The Morgan fingerprint density at radius 1 is 0.486 bits per heavy atom. The first-order valence-electron chi connectivity index (χ1n) is 15.6. The summed E-state index contributed by atoms with van der Waals surface area (Å²) >= 11 is 0. The van der Waals surface area contributed by atoms with Crippen molar-refractivity contribution in [2.45, 2.75) is 136 Å². The highest BCUT2D eigenvalue weighted by molar-refractivity contribution is 5.07. The van der Waals surface area contributed by atoms with Crippen LogP contribution in [0.5, 0.6) is 0 Å². The molecule has 0 unspecified atom stereocenters. The van der Waals surface area contributed by atoms with Crippen LogP contribution in [-0.2, 0) is 0 Å². The highest BCUT2D eigenvalue weighted by atomic mass is 15.2. The Balaban J connectivity index is 0.901. The van der Waals surface area contributed by atoms with Gasteiger partial charge in [-0.05, 0) is 165 Å². The maximum Gasteiger partial charge on any atom is 0.0125 e. The van der Waals surface area contributed by atoms with Gasteiger partial charge in [0.2, 0.25) is 0 Å². The number of rotatable bonds is 2. The molecule has 6 fully saturated rings. The van der Waals surface area contributed by atoms with E-state index in [1.807, 2.05) is 0 Å². The minimum absolute atomic E-state index is 0.356. The van der Waals surface area contributed by atoms with Crippen LogP contribution in [0, 0.1) is 27.6 Å². The minimum Gasteiger partial charge on any atom is -0.300 e. The third-order valence-corrected chi connectivity index (χ3v) is 12.8. The Morgan fingerprint density at radius 3 is 1.17 bits per heavy atom. The van der Waals surface area contributed by atoms with Gasteiger partial charge in [-0.1, -0.05) is 20.8 Å². The molecule has 3 spiro atoms. The Labute approximate surface area is 217 Å². The fourth-order valence-electron chi connectivity index (χ4n) is 9.60. The smallest absolute Gasteiger partial charge is 0.0125 e. The van der Waals surface area contributed by atoms with E-state index in [0.717, 1.165) is 28.8 Å². The van der Waals surface area contributed by atoms with Crippen LogP contribution in [0.25, 0.3) is 0 Å². The molecule has 0 radical (unpaired) electrons. The lowest BCUT2D eigenvalue weighted by Gasteiger charge is -2.61. The Morgan fingerprint density at radius 2 is 0.829 bits per heavy atom. The Bertz CT molecular complexity index is 740. The largest absolute Gasteiger partial charge is 0.300 e. The summed E-state index contributed by atoms with van der Waals surface area (Å²) < 4.78 is 0. The van der Waals surface area contributed by atoms with Gasteiger partial charge >= 0.3 is 0 Å². The van der Waals surface area contributed by atoms with Crippen LogP contribution in [0.3, 0.4) is 0 Å². The van der Waals surface area contributed by atoms with E-state index in [-0.39, 0.29) is 0 Å². The topological polar surface area (TPSA) is 9.72 Å². The minimum atomic E-state index is 0.356. The van der Waals surface area contributed by atoms with Gasteiger partial charge in [-0.3, -0.25) is 4.90 Å². The second kappa shape index (κ2) is 8.44. The standard InChI is InChI=1S/C32H57N3/c1-28(2,3)25-19-30(20-25)7-13-33(14-8-30)26-21-31(22-26)9-15-34(16-10-31)27-23-32(24-27)11-17-35(18-12-32)29(4,5)6/h25-27H,7-24H2,1-6H3. The van der Waals surface area contributed by atoms with E-state index in [0.29, 0.717) is 16.4 Å². The molecule has 200 valence electrons. The number of piperidine rings is 3. The SMILES string of the molecule is CC(C)(C)C1CC2(CCN(C3CC4(CCN(C5CC6(CCN(C(C)(C)C)CC6)C5)CC4)C3)CC2)C1. The first-order valence-corrected chi connectivity index (χ1v) is 15.6. The molecule has 0 atom stereocenters. The summed E-state index contributed by atoms with van der Waals surface area (Å²) in [6.45, 7) is 22.8. The normalized spacial score (nSPS) is 36.2. The third-order valence-electron chi connectivity index (χ3n) is 12.8. The fraction of sp³-hybridized carbons (Fsp3) is 1.00. The van der Waals surface area contributed by atoms with Crippen LogP contribution in [0.1, 0.15) is 119 Å². The van der Waals surface area contributed by atoms with Crippen molar-refractivity contribution < 1.29 is 0 Å². The van der Waals surface area contributed by atoms with E-state index in [1.165, 1.54) is 116 Å². The molecule has 3 saturated heterocycles. The van der Waals surface area contributed by atoms with Crippen LogP contribution < -0.4 is 0 Å². The van der Waals surface area contributed by atoms with E-state index in [9.17, 15) is 0 Å². The predicted octanol–water partition coefficient (Wildman–Crippen LogP) is 6.81. The van der Waals surface area contributed by atoms with Gasteiger partial charge in [0.15, 0.2) is 0 Å². The van der Waals surface area contributed by atoms with E-state index in [2.05, 4.69) is 56.2 Å². The lowest BCUT2D eigenvalue weighted by atomic mass is 9.51. The molecule has 3 saturated carbocycles. The van der Waals surface area contributed by atoms with Crippen molar-refractivity contribution in [3.05, 3.63) is 0 Å². The summed E-state index contributed by atoms with van der Waals surface area (Å²) in [5.41, 5.74) is 3.06. The summed E-state index contributed by atoms with van der Waals surface area (Å²) in [4.78, 5) is 8.57. The third kappa shape index (κ3) is 4.67. The molecule has 0 N–H and O–H groups in total. The molecule has 6 rings (SSSR count). The lowest BCUT2D eigenvalue weighted by molar-refractivity contribution is -0.110. The van der Waals surface area contributed by atoms with Gasteiger partial charge in [0, 0.05) is 17.6 Å². The average Bonchev–Trinajstić information content (AvgIpc) is 2.73. The Kier molecular flexibility index (Phi) is 6.07. The van der Waals surface area contributed by atoms with Crippen molar-refractivity contribution in [3.63, 3.8) is 0 Å². The quantitative estimate of drug-likeness (QED) is 0.427. The molecule has 0 aromatic carbocycles. The zero-order valence-corrected chi connectivity index (χ0v) is 24.3. The van der Waals surface area contributed by atoms with Crippen molar-refractivity contribution >= 4 is 0 Å². The van der Waals surface area contributed by atoms with Gasteiger partial charge in [0.25, 0.3) is 0 Å². The highest BCUT2D eigenvalue weighted by Gasteiger charge is 2.54. The molecular formula is C32H57N3. The molecule has 0 aromatic heterocycles. The first-order chi connectivity index (χ1) is 16.4. The summed E-state index contributed by atoms with van der Waals surface area (Å²) in [6.07, 6.45) is 18.0. The van der Waals surface area contributed by atoms with Gasteiger partial charge in [0.05, 0.1) is 0 Å². The number of likely N-dealkylation sites (tertiary alicyclic amines) is 3. The van der Waals surface area contributed by atoms with Gasteiger partial charge < -0.3 is 9.80 Å². The molecule has 35 heavy (non-hydrogen) atoms. The predicted molar refractivity (Wildman–Crippen MR) is 148 cm³/mol. The molecule has 3 nitrogen and oxygen atoms in total. The molecule has 0 aromatic rings. The summed E-state index contributed by atoms with van der Waals surface area (Å²) in [6, 6.07) is 1.85. The monoisotopic (exact) mass is 483 g/mol. The lowest BCUT2D eigenvalue weighted by Crippen LogP contribution is -2.61. The van der Waals surface area contributed by atoms with Crippen molar-refractivity contribution in [2.75, 3.05) is 39.3 Å². The van der Waals surface area contributed by atoms with E-state index in [1.54, 1.807) is 0 Å². The maximum atomic E-state index is 2.92. The van der Waals surface area contributed by atoms with Crippen molar-refractivity contribution in [3.8, 4) is 0 Å². The zero-order chi connectivity index (χ0) is 24.7. The number of nitrogens with zero attached hydrogens (tertiary/aromatic N) is 3. The van der Waals surface area contributed by atoms with Crippen LogP contribution in [0.15, 0.2) is 0 Å². The van der Waals surface area contributed by atoms with Crippen molar-refractivity contribution in [2.24, 2.45) is 27.6 Å². The Hall–Kier alpha value is -0.120. The van der Waals surface area contributed by atoms with E-state index < -0.39 is 0 Å². The van der Waals surface area contributed by atoms with Crippen LogP contribution in [-0.4, -0.2) is 71.6 Å². The van der Waals surface area contributed by atoms with Crippen LogP contribution in [0.4, 0.5) is 0 Å². The van der Waals surface area contributed by atoms with Crippen LogP contribution in [0.2, 0.25) is 0 Å². The van der Waals surface area contributed by atoms with Crippen LogP contribution >= 0.6 is 0 Å². The molecule has 0 bridgehead atoms. The molecule has 3 heterocycles. The maximum absolute atomic E-state index is 2.92. The van der Waals surface area contributed by atoms with Crippen molar-refractivity contribution in [1.82, 2.24) is 14.7 Å². The van der Waals surface area contributed by atoms with Gasteiger partial charge in [-0.25, -0.2) is 0 Å². The van der Waals surface area contributed by atoms with E-state index in [4.69, 9.17) is 0 Å². The van der Waals surface area contributed by atoms with Gasteiger partial charge in [-0.2, -0.15) is 0 Å². The van der Waals surface area contributed by atoms with E-state index >= 15 is 0 Å². The highest BCUT2D eigenvalue weighted by Crippen LogP contribution is 2.60. The average molecular weight is 484 g/mol. The number of hydrogen-bond donors (Lipinski definition) is 0. The molecule has 6 aliphatic rings. The second-order valence-corrected chi connectivity index (χ2v) is 16.8. The van der Waals surface area contributed by atoms with Crippen molar-refractivity contribution in [1.29, 1.82) is 0 Å². The molecule has 3 aliphatic heterocycles. The summed E-state index contributed by atoms with van der Waals surface area (Å²) in [7, 11) is 0. The molecular weight excluding hydrogens is 426 g/mol. The summed E-state index contributed by atoms with van der Waals surface area (Å²) in [5, 5.41) is 0. The second-order valence-electron chi connectivity index (χ2n) is 16.8. The molecule has 0 amide bonds. The fourth-order valence-corrected chi connectivity index (χ4v) is 9.60. The molecule has 3 aliphatic carbocycles. The number of hydrogen-bond acceptors (Lipinski definition) is 3. The van der Waals surface area contributed by atoms with Gasteiger partial charge in [0.1, 0.15) is 0 Å². The zero-order valence-electron chi connectivity index (χ0n) is 24.3. The molecule has 3 heteroatoms. The van der Waals surface area contributed by atoms with Gasteiger partial charge in [-0.15, -0.1) is 0 Å². The first kappa shape index (κ1) is 25.2.